The highest BCUT2D eigenvalue weighted by Crippen LogP contribution is 2.20. The zero-order chi connectivity index (χ0) is 11.4. The standard InChI is InChI=1S/C12H14O3/c1-8-4-5-10(9(2)6-8)11(7-13)12(14)15-3/h4-7,13H,1-3H3/b11-7+. The number of esters is 1. The molecule has 0 bridgehead atoms. The van der Waals surface area contributed by atoms with Crippen LogP contribution in [0.1, 0.15) is 16.7 Å². The Labute approximate surface area is 89.0 Å². The lowest BCUT2D eigenvalue weighted by Gasteiger charge is -2.08. The summed E-state index contributed by atoms with van der Waals surface area (Å²) in [4.78, 5) is 11.3. The fraction of sp³-hybridized carbons (Fsp3) is 0.250. The van der Waals surface area contributed by atoms with E-state index in [0.717, 1.165) is 17.4 Å². The van der Waals surface area contributed by atoms with Gasteiger partial charge in [0.15, 0.2) is 0 Å². The van der Waals surface area contributed by atoms with Crippen molar-refractivity contribution in [1.82, 2.24) is 0 Å². The minimum Gasteiger partial charge on any atom is -0.515 e. The Morgan fingerprint density at radius 2 is 2.07 bits per heavy atom. The van der Waals surface area contributed by atoms with Crippen LogP contribution in [0.2, 0.25) is 0 Å². The predicted octanol–water partition coefficient (Wildman–Crippen LogP) is 2.38. The topological polar surface area (TPSA) is 46.5 Å². The maximum absolute atomic E-state index is 11.3. The monoisotopic (exact) mass is 206 g/mol. The molecule has 1 rings (SSSR count). The van der Waals surface area contributed by atoms with E-state index in [4.69, 9.17) is 5.11 Å². The van der Waals surface area contributed by atoms with Crippen LogP contribution < -0.4 is 0 Å². The summed E-state index contributed by atoms with van der Waals surface area (Å²) in [6.07, 6.45) is 0.781. The van der Waals surface area contributed by atoms with E-state index < -0.39 is 5.97 Å². The maximum atomic E-state index is 11.3. The molecule has 1 N–H and O–H groups in total. The predicted molar refractivity (Wildman–Crippen MR) is 58.5 cm³/mol. The van der Waals surface area contributed by atoms with E-state index in [-0.39, 0.29) is 5.57 Å². The fourth-order valence-electron chi connectivity index (χ4n) is 1.46. The van der Waals surface area contributed by atoms with Gasteiger partial charge < -0.3 is 9.84 Å². The molecule has 1 aromatic rings. The lowest BCUT2D eigenvalue weighted by molar-refractivity contribution is -0.133. The minimum absolute atomic E-state index is 0.176. The van der Waals surface area contributed by atoms with E-state index >= 15 is 0 Å². The number of rotatable bonds is 2. The highest BCUT2D eigenvalue weighted by atomic mass is 16.5. The molecule has 0 aliphatic rings. The smallest absolute Gasteiger partial charge is 0.341 e. The van der Waals surface area contributed by atoms with Crippen LogP contribution in [0.5, 0.6) is 0 Å². The number of carbonyl (C=O) groups is 1. The van der Waals surface area contributed by atoms with Crippen LogP contribution in [-0.2, 0) is 9.53 Å². The number of aryl methyl sites for hydroxylation is 2. The maximum Gasteiger partial charge on any atom is 0.341 e. The number of aliphatic hydroxyl groups is 1. The molecule has 0 spiro atoms. The van der Waals surface area contributed by atoms with Gasteiger partial charge in [-0.1, -0.05) is 23.8 Å². The number of benzene rings is 1. The third-order valence-electron chi connectivity index (χ3n) is 2.21. The normalized spacial score (nSPS) is 11.3. The van der Waals surface area contributed by atoms with Gasteiger partial charge in [0, 0.05) is 0 Å². The second-order valence-corrected chi connectivity index (χ2v) is 3.35. The van der Waals surface area contributed by atoms with E-state index in [1.807, 2.05) is 26.0 Å². The molecule has 3 nitrogen and oxygen atoms in total. The SMILES string of the molecule is COC(=O)/C(=C/O)c1ccc(C)cc1C. The van der Waals surface area contributed by atoms with Gasteiger partial charge in [-0.15, -0.1) is 0 Å². The summed E-state index contributed by atoms with van der Waals surface area (Å²) in [5.74, 6) is -0.538. The molecule has 0 fully saturated rings. The van der Waals surface area contributed by atoms with Gasteiger partial charge in [-0.3, -0.25) is 0 Å². The summed E-state index contributed by atoms with van der Waals surface area (Å²) in [6.45, 7) is 3.85. The van der Waals surface area contributed by atoms with Gasteiger partial charge in [-0.05, 0) is 25.0 Å². The van der Waals surface area contributed by atoms with Crippen LogP contribution in [-0.4, -0.2) is 18.2 Å². The Balaban J connectivity index is 3.20. The van der Waals surface area contributed by atoms with Gasteiger partial charge in [0.05, 0.1) is 13.4 Å². The first-order chi connectivity index (χ1) is 7.10. The lowest BCUT2D eigenvalue weighted by Crippen LogP contribution is -2.05. The van der Waals surface area contributed by atoms with E-state index in [9.17, 15) is 4.79 Å². The lowest BCUT2D eigenvalue weighted by atomic mass is 10.00. The molecule has 0 saturated carbocycles. The van der Waals surface area contributed by atoms with Crippen LogP contribution >= 0.6 is 0 Å². The third-order valence-corrected chi connectivity index (χ3v) is 2.21. The summed E-state index contributed by atoms with van der Waals surface area (Å²) < 4.78 is 4.58. The average Bonchev–Trinajstić information content (AvgIpc) is 2.21. The number of hydrogen-bond donors (Lipinski definition) is 1. The summed E-state index contributed by atoms with van der Waals surface area (Å²) in [5, 5.41) is 9.01. The highest BCUT2D eigenvalue weighted by molar-refractivity contribution is 6.16. The van der Waals surface area contributed by atoms with Crippen molar-refractivity contribution >= 4 is 11.5 Å². The first-order valence-corrected chi connectivity index (χ1v) is 4.60. The first-order valence-electron chi connectivity index (χ1n) is 4.60. The fourth-order valence-corrected chi connectivity index (χ4v) is 1.46. The molecule has 15 heavy (non-hydrogen) atoms. The Hall–Kier alpha value is -1.77. The van der Waals surface area contributed by atoms with Crippen molar-refractivity contribution in [2.24, 2.45) is 0 Å². The molecular formula is C12H14O3. The number of carbonyl (C=O) groups excluding carboxylic acids is 1. The van der Waals surface area contributed by atoms with Gasteiger partial charge in [0.2, 0.25) is 0 Å². The molecule has 0 heterocycles. The summed E-state index contributed by atoms with van der Waals surface area (Å²) in [7, 11) is 1.29. The zero-order valence-electron chi connectivity index (χ0n) is 9.07. The molecule has 0 saturated heterocycles. The van der Waals surface area contributed by atoms with Gasteiger partial charge >= 0.3 is 5.97 Å². The summed E-state index contributed by atoms with van der Waals surface area (Å²) in [5.41, 5.74) is 2.91. The molecule has 1 aromatic carbocycles. The third kappa shape index (κ3) is 2.37. The number of methoxy groups -OCH3 is 1. The number of ether oxygens (including phenoxy) is 1. The van der Waals surface area contributed by atoms with Gasteiger partial charge in [-0.2, -0.15) is 0 Å². The van der Waals surface area contributed by atoms with Gasteiger partial charge in [0.1, 0.15) is 5.57 Å². The highest BCUT2D eigenvalue weighted by Gasteiger charge is 2.14. The molecule has 0 aromatic heterocycles. The van der Waals surface area contributed by atoms with Crippen molar-refractivity contribution in [3.05, 3.63) is 41.2 Å². The molecule has 0 aliphatic heterocycles. The molecule has 0 aliphatic carbocycles. The zero-order valence-corrected chi connectivity index (χ0v) is 9.07. The quantitative estimate of drug-likeness (QED) is 0.459. The Morgan fingerprint density at radius 3 is 2.53 bits per heavy atom. The van der Waals surface area contributed by atoms with Crippen LogP contribution in [0.3, 0.4) is 0 Å². The van der Waals surface area contributed by atoms with Crippen molar-refractivity contribution in [2.45, 2.75) is 13.8 Å². The van der Waals surface area contributed by atoms with E-state index in [0.29, 0.717) is 5.56 Å². The van der Waals surface area contributed by atoms with Crippen molar-refractivity contribution in [3.8, 4) is 0 Å². The number of hydrogen-bond acceptors (Lipinski definition) is 3. The van der Waals surface area contributed by atoms with E-state index in [2.05, 4.69) is 4.74 Å². The van der Waals surface area contributed by atoms with Crippen molar-refractivity contribution in [2.75, 3.05) is 7.11 Å². The van der Waals surface area contributed by atoms with Crippen LogP contribution in [0, 0.1) is 13.8 Å². The Kier molecular flexibility index (Phi) is 3.50. The van der Waals surface area contributed by atoms with Crippen LogP contribution in [0.15, 0.2) is 24.5 Å². The molecule has 3 heteroatoms. The van der Waals surface area contributed by atoms with Crippen molar-refractivity contribution < 1.29 is 14.6 Å². The van der Waals surface area contributed by atoms with Crippen LogP contribution in [0.25, 0.3) is 5.57 Å². The largest absolute Gasteiger partial charge is 0.515 e. The van der Waals surface area contributed by atoms with E-state index in [1.54, 1.807) is 6.07 Å². The van der Waals surface area contributed by atoms with Crippen molar-refractivity contribution in [3.63, 3.8) is 0 Å². The molecule has 0 unspecified atom stereocenters. The molecule has 0 atom stereocenters. The van der Waals surface area contributed by atoms with Crippen LogP contribution in [0.4, 0.5) is 0 Å². The molecule has 80 valence electrons. The summed E-state index contributed by atoms with van der Waals surface area (Å²) in [6, 6.07) is 5.63. The molecule has 0 amide bonds. The molecular weight excluding hydrogens is 192 g/mol. The van der Waals surface area contributed by atoms with Crippen molar-refractivity contribution in [1.29, 1.82) is 0 Å². The second-order valence-electron chi connectivity index (χ2n) is 3.35. The second kappa shape index (κ2) is 4.64. The van der Waals surface area contributed by atoms with E-state index in [1.165, 1.54) is 7.11 Å². The first kappa shape index (κ1) is 11.3. The summed E-state index contributed by atoms with van der Waals surface area (Å²) >= 11 is 0. The molecule has 0 radical (unpaired) electrons. The Morgan fingerprint density at radius 1 is 1.40 bits per heavy atom. The number of aliphatic hydroxyl groups excluding tert-OH is 1. The van der Waals surface area contributed by atoms with Gasteiger partial charge in [-0.25, -0.2) is 4.79 Å². The minimum atomic E-state index is -0.538. The average molecular weight is 206 g/mol. The van der Waals surface area contributed by atoms with Gasteiger partial charge in [0.25, 0.3) is 0 Å². The Bertz CT molecular complexity index is 405.